The number of likely N-dealkylation sites (tertiary alicyclic amines) is 2. The van der Waals surface area contributed by atoms with E-state index >= 15 is 0 Å². The maximum Gasteiger partial charge on any atom is 0.237 e. The van der Waals surface area contributed by atoms with Crippen molar-refractivity contribution in [2.75, 3.05) is 32.7 Å². The molecule has 0 aromatic heterocycles. The average Bonchev–Trinajstić information content (AvgIpc) is 2.77. The first-order valence-corrected chi connectivity index (χ1v) is 7.42. The van der Waals surface area contributed by atoms with Gasteiger partial charge < -0.3 is 4.90 Å². The first-order chi connectivity index (χ1) is 9.41. The lowest BCUT2D eigenvalue weighted by molar-refractivity contribution is -0.136. The van der Waals surface area contributed by atoms with Crippen molar-refractivity contribution in [3.8, 4) is 0 Å². The van der Waals surface area contributed by atoms with Gasteiger partial charge in [0.15, 0.2) is 0 Å². The van der Waals surface area contributed by atoms with Crippen molar-refractivity contribution in [2.24, 2.45) is 17.2 Å². The molecule has 0 aromatic carbocycles. The molecule has 6 nitrogen and oxygen atoms in total. The number of amides is 2. The van der Waals surface area contributed by atoms with Gasteiger partial charge in [-0.1, -0.05) is 13.8 Å². The van der Waals surface area contributed by atoms with Gasteiger partial charge in [-0.05, 0) is 31.2 Å². The number of piperidine rings is 1. The van der Waals surface area contributed by atoms with Gasteiger partial charge in [-0.2, -0.15) is 0 Å². The van der Waals surface area contributed by atoms with Crippen LogP contribution in [0, 0.1) is 11.3 Å². The molecule has 2 rings (SSSR count). The zero-order valence-corrected chi connectivity index (χ0v) is 12.5. The molecule has 0 bridgehead atoms. The third kappa shape index (κ3) is 3.70. The van der Waals surface area contributed by atoms with E-state index in [4.69, 9.17) is 5.84 Å². The molecule has 2 aliphatic heterocycles. The molecule has 0 radical (unpaired) electrons. The van der Waals surface area contributed by atoms with E-state index in [0.29, 0.717) is 37.9 Å². The third-order valence-electron chi connectivity index (χ3n) is 4.48. The first-order valence-electron chi connectivity index (χ1n) is 7.42. The normalized spacial score (nSPS) is 23.9. The fraction of sp³-hybridized carbons (Fsp3) is 0.857. The highest BCUT2D eigenvalue weighted by atomic mass is 16.2. The lowest BCUT2D eigenvalue weighted by atomic mass is 9.93. The van der Waals surface area contributed by atoms with Gasteiger partial charge in [-0.25, -0.2) is 5.84 Å². The van der Waals surface area contributed by atoms with Gasteiger partial charge in [0.1, 0.15) is 0 Å². The second-order valence-corrected chi connectivity index (χ2v) is 6.79. The second-order valence-electron chi connectivity index (χ2n) is 6.79. The van der Waals surface area contributed by atoms with Gasteiger partial charge in [0.2, 0.25) is 11.8 Å². The largest absolute Gasteiger partial charge is 0.342 e. The molecule has 6 heteroatoms. The minimum absolute atomic E-state index is 0.0465. The molecular formula is C14H26N4O2. The van der Waals surface area contributed by atoms with Crippen molar-refractivity contribution in [3.05, 3.63) is 0 Å². The fourth-order valence-electron chi connectivity index (χ4n) is 3.16. The van der Waals surface area contributed by atoms with Gasteiger partial charge in [0, 0.05) is 25.6 Å². The molecule has 3 N–H and O–H groups in total. The highest BCUT2D eigenvalue weighted by Gasteiger charge is 2.32. The summed E-state index contributed by atoms with van der Waals surface area (Å²) < 4.78 is 0. The van der Waals surface area contributed by atoms with Gasteiger partial charge in [-0.15, -0.1) is 0 Å². The van der Waals surface area contributed by atoms with Crippen molar-refractivity contribution in [3.63, 3.8) is 0 Å². The Morgan fingerprint density at radius 3 is 2.40 bits per heavy atom. The number of nitrogens with zero attached hydrogens (tertiary/aromatic N) is 2. The first kappa shape index (κ1) is 15.3. The molecule has 20 heavy (non-hydrogen) atoms. The van der Waals surface area contributed by atoms with Crippen LogP contribution in [-0.2, 0) is 9.59 Å². The van der Waals surface area contributed by atoms with Crippen LogP contribution in [-0.4, -0.2) is 54.3 Å². The average molecular weight is 282 g/mol. The maximum atomic E-state index is 12.3. The molecule has 114 valence electrons. The maximum absolute atomic E-state index is 12.3. The molecule has 0 atom stereocenters. The number of hydrogen-bond acceptors (Lipinski definition) is 4. The van der Waals surface area contributed by atoms with Crippen molar-refractivity contribution in [2.45, 2.75) is 33.1 Å². The predicted molar refractivity (Wildman–Crippen MR) is 76.5 cm³/mol. The number of carbonyl (C=O) groups excluding carboxylic acids is 2. The highest BCUT2D eigenvalue weighted by Crippen LogP contribution is 2.28. The quantitative estimate of drug-likeness (QED) is 0.432. The Morgan fingerprint density at radius 1 is 1.25 bits per heavy atom. The van der Waals surface area contributed by atoms with Crippen molar-refractivity contribution >= 4 is 11.8 Å². The molecule has 2 aliphatic rings. The Hall–Kier alpha value is -1.14. The van der Waals surface area contributed by atoms with Crippen molar-refractivity contribution < 1.29 is 9.59 Å². The standard InChI is InChI=1S/C14H26N4O2/c1-14(2)5-8-17(10-14)9-12(19)18-6-3-11(4-7-18)13(20)16-15/h11H,3-10,15H2,1-2H3,(H,16,20). The predicted octanol–water partition coefficient (Wildman–Crippen LogP) is -0.0532. The molecular weight excluding hydrogens is 256 g/mol. The number of carbonyl (C=O) groups is 2. The van der Waals surface area contributed by atoms with Gasteiger partial charge >= 0.3 is 0 Å². The molecule has 0 unspecified atom stereocenters. The summed E-state index contributed by atoms with van der Waals surface area (Å²) >= 11 is 0. The zero-order chi connectivity index (χ0) is 14.8. The Bertz CT molecular complexity index is 375. The van der Waals surface area contributed by atoms with Crippen LogP contribution < -0.4 is 11.3 Å². The Kier molecular flexibility index (Phi) is 4.65. The SMILES string of the molecule is CC1(C)CCN(CC(=O)N2CCC(C(=O)NN)CC2)C1. The molecule has 0 aliphatic carbocycles. The van der Waals surface area contributed by atoms with Gasteiger partial charge in [0.05, 0.1) is 6.54 Å². The second kappa shape index (κ2) is 6.10. The summed E-state index contributed by atoms with van der Waals surface area (Å²) in [4.78, 5) is 27.8. The number of hydrazine groups is 1. The summed E-state index contributed by atoms with van der Waals surface area (Å²) in [6, 6.07) is 0. The summed E-state index contributed by atoms with van der Waals surface area (Å²) in [6.45, 7) is 8.32. The van der Waals surface area contributed by atoms with Crippen LogP contribution in [0.2, 0.25) is 0 Å². The third-order valence-corrected chi connectivity index (χ3v) is 4.48. The summed E-state index contributed by atoms with van der Waals surface area (Å²) in [6.07, 6.45) is 2.57. The molecule has 2 amide bonds. The van der Waals surface area contributed by atoms with E-state index in [-0.39, 0.29) is 17.7 Å². The smallest absolute Gasteiger partial charge is 0.237 e. The van der Waals surface area contributed by atoms with Crippen LogP contribution in [0.5, 0.6) is 0 Å². The van der Waals surface area contributed by atoms with Crippen LogP contribution in [0.1, 0.15) is 33.1 Å². The van der Waals surface area contributed by atoms with Crippen LogP contribution in [0.4, 0.5) is 0 Å². The number of rotatable bonds is 3. The molecule has 2 fully saturated rings. The van der Waals surface area contributed by atoms with E-state index in [1.54, 1.807) is 0 Å². The van der Waals surface area contributed by atoms with Gasteiger partial charge in [-0.3, -0.25) is 19.9 Å². The Morgan fingerprint density at radius 2 is 1.90 bits per heavy atom. The molecule has 0 saturated carbocycles. The lowest BCUT2D eigenvalue weighted by Gasteiger charge is -2.32. The Balaban J connectivity index is 1.76. The fourth-order valence-corrected chi connectivity index (χ4v) is 3.16. The summed E-state index contributed by atoms with van der Waals surface area (Å²) in [5, 5.41) is 0. The van der Waals surface area contributed by atoms with Crippen LogP contribution >= 0.6 is 0 Å². The van der Waals surface area contributed by atoms with Crippen molar-refractivity contribution in [1.29, 1.82) is 0 Å². The highest BCUT2D eigenvalue weighted by molar-refractivity contribution is 5.80. The van der Waals surface area contributed by atoms with Crippen LogP contribution in [0.3, 0.4) is 0 Å². The summed E-state index contributed by atoms with van der Waals surface area (Å²) in [5.74, 6) is 5.17. The zero-order valence-electron chi connectivity index (χ0n) is 12.5. The van der Waals surface area contributed by atoms with E-state index in [0.717, 1.165) is 19.5 Å². The molecule has 2 saturated heterocycles. The minimum atomic E-state index is -0.113. The number of nitrogens with one attached hydrogen (secondary N) is 1. The number of hydrogen-bond donors (Lipinski definition) is 2. The van der Waals surface area contributed by atoms with Gasteiger partial charge in [0.25, 0.3) is 0 Å². The van der Waals surface area contributed by atoms with E-state index < -0.39 is 0 Å². The van der Waals surface area contributed by atoms with E-state index in [9.17, 15) is 9.59 Å². The van der Waals surface area contributed by atoms with Crippen LogP contribution in [0.15, 0.2) is 0 Å². The molecule has 0 aromatic rings. The summed E-state index contributed by atoms with van der Waals surface area (Å²) in [5.41, 5.74) is 2.52. The number of nitrogens with two attached hydrogens (primary N) is 1. The minimum Gasteiger partial charge on any atom is -0.342 e. The van der Waals surface area contributed by atoms with E-state index in [2.05, 4.69) is 24.2 Å². The topological polar surface area (TPSA) is 78.7 Å². The Labute approximate surface area is 120 Å². The van der Waals surface area contributed by atoms with E-state index in [1.165, 1.54) is 0 Å². The molecule has 0 spiro atoms. The summed E-state index contributed by atoms with van der Waals surface area (Å²) in [7, 11) is 0. The molecule has 2 heterocycles. The lowest BCUT2D eigenvalue weighted by Crippen LogP contribution is -2.47. The van der Waals surface area contributed by atoms with Crippen molar-refractivity contribution in [1.82, 2.24) is 15.2 Å². The van der Waals surface area contributed by atoms with E-state index in [1.807, 2.05) is 4.90 Å². The van der Waals surface area contributed by atoms with Crippen LogP contribution in [0.25, 0.3) is 0 Å². The monoisotopic (exact) mass is 282 g/mol.